The Morgan fingerprint density at radius 3 is 2.60 bits per heavy atom. The third kappa shape index (κ3) is 2.37. The first-order chi connectivity index (χ1) is 9.79. The number of halogens is 1. The van der Waals surface area contributed by atoms with Gasteiger partial charge in [-0.05, 0) is 30.3 Å². The standard InChI is InChI=1S/C16H15ClN2O/c1-20-18-15-10-11-19(13-8-6-12(17)7-9-13)16-5-3-2-4-14(15)16/h2-9H,10-11H2,1H3/b18-15+. The van der Waals surface area contributed by atoms with Crippen molar-refractivity contribution < 1.29 is 4.84 Å². The van der Waals surface area contributed by atoms with Gasteiger partial charge in [-0.15, -0.1) is 0 Å². The molecule has 0 bridgehead atoms. The Kier molecular flexibility index (Phi) is 3.61. The minimum Gasteiger partial charge on any atom is -0.399 e. The van der Waals surface area contributed by atoms with Gasteiger partial charge in [-0.2, -0.15) is 0 Å². The highest BCUT2D eigenvalue weighted by molar-refractivity contribution is 6.30. The second kappa shape index (κ2) is 5.55. The SMILES string of the molecule is CO/N=C1\CCN(c2ccc(Cl)cc2)c2ccccc21. The maximum absolute atomic E-state index is 5.96. The van der Waals surface area contributed by atoms with Crippen LogP contribution in [0.5, 0.6) is 0 Å². The lowest BCUT2D eigenvalue weighted by Gasteiger charge is -2.31. The largest absolute Gasteiger partial charge is 0.399 e. The lowest BCUT2D eigenvalue weighted by molar-refractivity contribution is 0.213. The first-order valence-corrected chi connectivity index (χ1v) is 6.90. The van der Waals surface area contributed by atoms with Gasteiger partial charge in [0.1, 0.15) is 7.11 Å². The summed E-state index contributed by atoms with van der Waals surface area (Å²) in [6, 6.07) is 16.2. The summed E-state index contributed by atoms with van der Waals surface area (Å²) in [7, 11) is 1.58. The maximum Gasteiger partial charge on any atom is 0.106 e. The van der Waals surface area contributed by atoms with E-state index in [1.807, 2.05) is 36.4 Å². The number of benzene rings is 2. The van der Waals surface area contributed by atoms with E-state index in [2.05, 4.69) is 22.2 Å². The lowest BCUT2D eigenvalue weighted by Crippen LogP contribution is -2.28. The normalized spacial score (nSPS) is 16.1. The fourth-order valence-electron chi connectivity index (χ4n) is 2.52. The van der Waals surface area contributed by atoms with Crippen LogP contribution in [0.2, 0.25) is 5.02 Å². The summed E-state index contributed by atoms with van der Waals surface area (Å²) < 4.78 is 0. The lowest BCUT2D eigenvalue weighted by atomic mass is 9.99. The molecule has 0 saturated heterocycles. The Labute approximate surface area is 123 Å². The number of para-hydroxylation sites is 1. The number of hydrogen-bond acceptors (Lipinski definition) is 3. The van der Waals surface area contributed by atoms with Gasteiger partial charge in [0.25, 0.3) is 0 Å². The fraction of sp³-hybridized carbons (Fsp3) is 0.188. The first-order valence-electron chi connectivity index (χ1n) is 6.52. The van der Waals surface area contributed by atoms with Crippen molar-refractivity contribution in [2.45, 2.75) is 6.42 Å². The van der Waals surface area contributed by atoms with Crippen molar-refractivity contribution in [3.8, 4) is 0 Å². The van der Waals surface area contributed by atoms with Crippen LogP contribution in [0.15, 0.2) is 53.7 Å². The average molecular weight is 287 g/mol. The van der Waals surface area contributed by atoms with Crippen LogP contribution in [0.25, 0.3) is 0 Å². The van der Waals surface area contributed by atoms with E-state index in [1.165, 1.54) is 0 Å². The van der Waals surface area contributed by atoms with Crippen molar-refractivity contribution in [3.63, 3.8) is 0 Å². The summed E-state index contributed by atoms with van der Waals surface area (Å²) in [5, 5.41) is 4.89. The second-order valence-corrected chi connectivity index (χ2v) is 5.05. The minimum absolute atomic E-state index is 0.751. The quantitative estimate of drug-likeness (QED) is 0.772. The Hall–Kier alpha value is -2.00. The summed E-state index contributed by atoms with van der Waals surface area (Å²) in [5.74, 6) is 0. The van der Waals surface area contributed by atoms with E-state index in [1.54, 1.807) is 7.11 Å². The van der Waals surface area contributed by atoms with Crippen LogP contribution in [-0.2, 0) is 4.84 Å². The summed E-state index contributed by atoms with van der Waals surface area (Å²) in [6.07, 6.45) is 0.855. The van der Waals surface area contributed by atoms with E-state index in [9.17, 15) is 0 Å². The molecule has 1 aliphatic rings. The van der Waals surface area contributed by atoms with Crippen LogP contribution >= 0.6 is 11.6 Å². The van der Waals surface area contributed by atoms with E-state index in [0.717, 1.165) is 40.6 Å². The highest BCUT2D eigenvalue weighted by atomic mass is 35.5. The van der Waals surface area contributed by atoms with Gasteiger partial charge < -0.3 is 9.74 Å². The number of hydrogen-bond donors (Lipinski definition) is 0. The van der Waals surface area contributed by atoms with E-state index in [-0.39, 0.29) is 0 Å². The molecule has 1 aliphatic heterocycles. The van der Waals surface area contributed by atoms with Gasteiger partial charge in [0.2, 0.25) is 0 Å². The molecule has 3 nitrogen and oxygen atoms in total. The van der Waals surface area contributed by atoms with E-state index >= 15 is 0 Å². The van der Waals surface area contributed by atoms with Crippen LogP contribution in [0.1, 0.15) is 12.0 Å². The molecular formula is C16H15ClN2O. The van der Waals surface area contributed by atoms with Crippen molar-refractivity contribution in [2.24, 2.45) is 5.16 Å². The molecule has 0 aromatic heterocycles. The van der Waals surface area contributed by atoms with Crippen LogP contribution in [0.4, 0.5) is 11.4 Å². The molecule has 2 aromatic carbocycles. The van der Waals surface area contributed by atoms with Crippen LogP contribution in [0.3, 0.4) is 0 Å². The van der Waals surface area contributed by atoms with Crippen molar-refractivity contribution >= 4 is 28.7 Å². The van der Waals surface area contributed by atoms with Gasteiger partial charge in [0.05, 0.1) is 11.4 Å². The highest BCUT2D eigenvalue weighted by Gasteiger charge is 2.22. The number of rotatable bonds is 2. The molecule has 0 spiro atoms. The molecule has 4 heteroatoms. The summed E-state index contributed by atoms with van der Waals surface area (Å²) in [5.41, 5.74) is 4.40. The van der Waals surface area contributed by atoms with Crippen LogP contribution in [-0.4, -0.2) is 19.4 Å². The maximum atomic E-state index is 5.96. The van der Waals surface area contributed by atoms with E-state index in [0.29, 0.717) is 0 Å². The molecule has 0 radical (unpaired) electrons. The predicted octanol–water partition coefficient (Wildman–Crippen LogP) is 4.23. The Bertz CT molecular complexity index is 637. The van der Waals surface area contributed by atoms with Gasteiger partial charge in [0.15, 0.2) is 0 Å². The topological polar surface area (TPSA) is 24.8 Å². The van der Waals surface area contributed by atoms with Crippen LogP contribution in [0, 0.1) is 0 Å². The molecule has 0 amide bonds. The first kappa shape index (κ1) is 13.0. The third-order valence-electron chi connectivity index (χ3n) is 3.42. The molecule has 0 unspecified atom stereocenters. The smallest absolute Gasteiger partial charge is 0.106 e. The van der Waals surface area contributed by atoms with Gasteiger partial charge in [-0.3, -0.25) is 0 Å². The Morgan fingerprint density at radius 2 is 1.85 bits per heavy atom. The molecule has 0 N–H and O–H groups in total. The summed E-state index contributed by atoms with van der Waals surface area (Å²) >= 11 is 5.96. The fourth-order valence-corrected chi connectivity index (χ4v) is 2.65. The third-order valence-corrected chi connectivity index (χ3v) is 3.67. The van der Waals surface area contributed by atoms with Gasteiger partial charge in [0, 0.05) is 29.2 Å². The molecule has 0 aliphatic carbocycles. The zero-order chi connectivity index (χ0) is 13.9. The zero-order valence-corrected chi connectivity index (χ0v) is 12.0. The number of fused-ring (bicyclic) bond motifs is 1. The van der Waals surface area contributed by atoms with Crippen molar-refractivity contribution in [2.75, 3.05) is 18.6 Å². The van der Waals surface area contributed by atoms with Crippen LogP contribution < -0.4 is 4.90 Å². The number of nitrogens with zero attached hydrogens (tertiary/aromatic N) is 2. The molecule has 2 aromatic rings. The molecule has 102 valence electrons. The average Bonchev–Trinajstić information content (AvgIpc) is 2.49. The van der Waals surface area contributed by atoms with Crippen molar-refractivity contribution in [3.05, 3.63) is 59.1 Å². The molecule has 3 rings (SSSR count). The number of oxime groups is 1. The Morgan fingerprint density at radius 1 is 1.10 bits per heavy atom. The number of anilines is 2. The van der Waals surface area contributed by atoms with Gasteiger partial charge in [-0.1, -0.05) is 35.0 Å². The van der Waals surface area contributed by atoms with E-state index < -0.39 is 0 Å². The Balaban J connectivity index is 2.05. The van der Waals surface area contributed by atoms with Crippen molar-refractivity contribution in [1.82, 2.24) is 0 Å². The van der Waals surface area contributed by atoms with Crippen molar-refractivity contribution in [1.29, 1.82) is 0 Å². The minimum atomic E-state index is 0.751. The predicted molar refractivity (Wildman–Crippen MR) is 83.1 cm³/mol. The molecular weight excluding hydrogens is 272 g/mol. The molecule has 0 fully saturated rings. The second-order valence-electron chi connectivity index (χ2n) is 4.62. The molecule has 0 saturated carbocycles. The molecule has 0 atom stereocenters. The molecule has 1 heterocycles. The highest BCUT2D eigenvalue weighted by Crippen LogP contribution is 2.34. The van der Waals surface area contributed by atoms with E-state index in [4.69, 9.17) is 16.4 Å². The van der Waals surface area contributed by atoms with Gasteiger partial charge >= 0.3 is 0 Å². The van der Waals surface area contributed by atoms with Gasteiger partial charge in [-0.25, -0.2) is 0 Å². The molecule has 20 heavy (non-hydrogen) atoms. The zero-order valence-electron chi connectivity index (χ0n) is 11.2. The summed E-state index contributed by atoms with van der Waals surface area (Å²) in [6.45, 7) is 0.876. The summed E-state index contributed by atoms with van der Waals surface area (Å²) in [4.78, 5) is 7.22. The monoisotopic (exact) mass is 286 g/mol.